The monoisotopic (exact) mass is 309 g/mol. The molecule has 0 atom stereocenters. The molecule has 114 valence electrons. The molecule has 0 aliphatic rings. The molecule has 0 radical (unpaired) electrons. The van der Waals surface area contributed by atoms with Crippen LogP contribution in [-0.2, 0) is 0 Å². The summed E-state index contributed by atoms with van der Waals surface area (Å²) in [4.78, 5) is 3.57. The lowest BCUT2D eigenvalue weighted by Gasteiger charge is -2.04. The fraction of sp³-hybridized carbons (Fsp3) is 0. The SMILES string of the molecule is [C-]#[N+]c1ccc2c(c1)c(-c1cccc(N)c1)cn2-c1ccccc1. The molecule has 2 N–H and O–H groups in total. The van der Waals surface area contributed by atoms with Crippen LogP contribution in [0.4, 0.5) is 11.4 Å². The lowest BCUT2D eigenvalue weighted by Crippen LogP contribution is -1.90. The van der Waals surface area contributed by atoms with E-state index < -0.39 is 0 Å². The summed E-state index contributed by atoms with van der Waals surface area (Å²) < 4.78 is 2.15. The molecule has 4 aromatic rings. The van der Waals surface area contributed by atoms with Crippen LogP contribution in [0.1, 0.15) is 0 Å². The Labute approximate surface area is 140 Å². The van der Waals surface area contributed by atoms with Crippen molar-refractivity contribution in [2.24, 2.45) is 0 Å². The standard InChI is InChI=1S/C21H15N3/c1-23-17-10-11-21-19(13-17)20(15-6-5-7-16(22)12-15)14-24(21)18-8-3-2-4-9-18/h2-14H,22H2. The van der Waals surface area contributed by atoms with E-state index in [0.717, 1.165) is 33.4 Å². The van der Waals surface area contributed by atoms with Crippen molar-refractivity contribution in [3.05, 3.63) is 90.4 Å². The average molecular weight is 309 g/mol. The van der Waals surface area contributed by atoms with Crippen LogP contribution in [0.5, 0.6) is 0 Å². The van der Waals surface area contributed by atoms with E-state index in [1.54, 1.807) is 0 Å². The van der Waals surface area contributed by atoms with Crippen molar-refractivity contribution in [3.8, 4) is 16.8 Å². The van der Waals surface area contributed by atoms with Crippen LogP contribution >= 0.6 is 0 Å². The van der Waals surface area contributed by atoms with E-state index in [-0.39, 0.29) is 0 Å². The van der Waals surface area contributed by atoms with Crippen LogP contribution in [0.3, 0.4) is 0 Å². The summed E-state index contributed by atoms with van der Waals surface area (Å²) in [7, 11) is 0. The predicted octanol–water partition coefficient (Wildman–Crippen LogP) is 5.43. The molecule has 3 heteroatoms. The van der Waals surface area contributed by atoms with Crippen molar-refractivity contribution in [1.29, 1.82) is 0 Å². The van der Waals surface area contributed by atoms with E-state index in [2.05, 4.69) is 27.7 Å². The number of fused-ring (bicyclic) bond motifs is 1. The van der Waals surface area contributed by atoms with Gasteiger partial charge >= 0.3 is 0 Å². The van der Waals surface area contributed by atoms with Gasteiger partial charge < -0.3 is 10.3 Å². The lowest BCUT2D eigenvalue weighted by atomic mass is 10.0. The third kappa shape index (κ3) is 2.31. The highest BCUT2D eigenvalue weighted by Gasteiger charge is 2.12. The zero-order chi connectivity index (χ0) is 16.5. The molecule has 24 heavy (non-hydrogen) atoms. The van der Waals surface area contributed by atoms with E-state index >= 15 is 0 Å². The normalized spacial score (nSPS) is 10.6. The second-order valence-corrected chi connectivity index (χ2v) is 5.69. The maximum Gasteiger partial charge on any atom is 0.188 e. The fourth-order valence-corrected chi connectivity index (χ4v) is 3.03. The Hall–Kier alpha value is -3.51. The first kappa shape index (κ1) is 14.1. The molecule has 3 nitrogen and oxygen atoms in total. The summed E-state index contributed by atoms with van der Waals surface area (Å²) in [6, 6.07) is 23.9. The molecule has 0 aliphatic carbocycles. The number of para-hydroxylation sites is 1. The fourth-order valence-electron chi connectivity index (χ4n) is 3.03. The molecular formula is C21H15N3. The van der Waals surface area contributed by atoms with Gasteiger partial charge in [0.05, 0.1) is 12.1 Å². The number of nitrogens with zero attached hydrogens (tertiary/aromatic N) is 2. The van der Waals surface area contributed by atoms with Crippen molar-refractivity contribution in [2.45, 2.75) is 0 Å². The minimum atomic E-state index is 0.637. The van der Waals surface area contributed by atoms with Gasteiger partial charge in [-0.15, -0.1) is 0 Å². The zero-order valence-corrected chi connectivity index (χ0v) is 13.0. The highest BCUT2D eigenvalue weighted by Crippen LogP contribution is 2.35. The molecule has 4 rings (SSSR count). The molecule has 0 bridgehead atoms. The van der Waals surface area contributed by atoms with Crippen molar-refractivity contribution < 1.29 is 0 Å². The molecule has 0 saturated carbocycles. The Kier molecular flexibility index (Phi) is 3.29. The van der Waals surface area contributed by atoms with Crippen molar-refractivity contribution in [2.75, 3.05) is 5.73 Å². The first-order valence-electron chi connectivity index (χ1n) is 7.70. The largest absolute Gasteiger partial charge is 0.399 e. The van der Waals surface area contributed by atoms with Gasteiger partial charge in [-0.1, -0.05) is 36.4 Å². The maximum absolute atomic E-state index is 7.30. The van der Waals surface area contributed by atoms with Gasteiger partial charge in [0.1, 0.15) is 0 Å². The van der Waals surface area contributed by atoms with Gasteiger partial charge in [-0.05, 0) is 47.3 Å². The first-order valence-corrected chi connectivity index (χ1v) is 7.70. The number of benzene rings is 3. The van der Waals surface area contributed by atoms with Gasteiger partial charge in [0.25, 0.3) is 0 Å². The van der Waals surface area contributed by atoms with Crippen molar-refractivity contribution >= 4 is 22.3 Å². The van der Waals surface area contributed by atoms with Gasteiger partial charge in [0.15, 0.2) is 5.69 Å². The highest BCUT2D eigenvalue weighted by atomic mass is 15.0. The van der Waals surface area contributed by atoms with Crippen LogP contribution in [0.2, 0.25) is 0 Å². The quantitative estimate of drug-likeness (QED) is 0.389. The summed E-state index contributed by atoms with van der Waals surface area (Å²) in [5, 5.41) is 1.05. The van der Waals surface area contributed by atoms with Crippen LogP contribution in [0.25, 0.3) is 32.6 Å². The Balaban J connectivity index is 2.04. The average Bonchev–Trinajstić information content (AvgIpc) is 3.01. The summed E-state index contributed by atoms with van der Waals surface area (Å²) >= 11 is 0. The van der Waals surface area contributed by atoms with Gasteiger partial charge in [0, 0.05) is 23.1 Å². The highest BCUT2D eigenvalue weighted by molar-refractivity contribution is 5.99. The third-order valence-electron chi connectivity index (χ3n) is 4.15. The predicted molar refractivity (Wildman–Crippen MR) is 99.4 cm³/mol. The minimum absolute atomic E-state index is 0.637. The summed E-state index contributed by atoms with van der Waals surface area (Å²) in [6.45, 7) is 7.30. The number of rotatable bonds is 2. The van der Waals surface area contributed by atoms with Crippen LogP contribution < -0.4 is 5.73 Å². The maximum atomic E-state index is 7.30. The summed E-state index contributed by atoms with van der Waals surface area (Å²) in [5.41, 5.74) is 11.6. The van der Waals surface area contributed by atoms with E-state index in [4.69, 9.17) is 12.3 Å². The number of nitrogen functional groups attached to an aromatic ring is 1. The topological polar surface area (TPSA) is 35.3 Å². The van der Waals surface area contributed by atoms with E-state index in [1.165, 1.54) is 0 Å². The molecule has 1 aromatic heterocycles. The lowest BCUT2D eigenvalue weighted by molar-refractivity contribution is 1.13. The van der Waals surface area contributed by atoms with E-state index in [1.807, 2.05) is 60.7 Å². The smallest absolute Gasteiger partial charge is 0.188 e. The molecule has 1 heterocycles. The van der Waals surface area contributed by atoms with Gasteiger partial charge in [-0.3, -0.25) is 0 Å². The number of nitrogens with two attached hydrogens (primary N) is 1. The second-order valence-electron chi connectivity index (χ2n) is 5.69. The van der Waals surface area contributed by atoms with Crippen molar-refractivity contribution in [3.63, 3.8) is 0 Å². The molecule has 0 aliphatic heterocycles. The first-order chi connectivity index (χ1) is 11.8. The number of aromatic nitrogens is 1. The Morgan fingerprint density at radius 3 is 2.46 bits per heavy atom. The second kappa shape index (κ2) is 5.60. The Morgan fingerprint density at radius 1 is 0.875 bits per heavy atom. The number of hydrogen-bond acceptors (Lipinski definition) is 1. The van der Waals surface area contributed by atoms with E-state index in [9.17, 15) is 0 Å². The zero-order valence-electron chi connectivity index (χ0n) is 13.0. The van der Waals surface area contributed by atoms with Crippen LogP contribution in [-0.4, -0.2) is 4.57 Å². The van der Waals surface area contributed by atoms with Crippen molar-refractivity contribution in [1.82, 2.24) is 4.57 Å². The Bertz CT molecular complexity index is 1070. The van der Waals surface area contributed by atoms with Gasteiger partial charge in [0.2, 0.25) is 0 Å². The molecule has 0 saturated heterocycles. The molecule has 0 amide bonds. The number of hydrogen-bond donors (Lipinski definition) is 1. The third-order valence-corrected chi connectivity index (χ3v) is 4.15. The van der Waals surface area contributed by atoms with Gasteiger partial charge in [-0.25, -0.2) is 4.85 Å². The minimum Gasteiger partial charge on any atom is -0.399 e. The van der Waals surface area contributed by atoms with Gasteiger partial charge in [-0.2, -0.15) is 0 Å². The molecule has 0 unspecified atom stereocenters. The number of anilines is 1. The van der Waals surface area contributed by atoms with Crippen LogP contribution in [0, 0.1) is 6.57 Å². The molecule has 3 aromatic carbocycles. The summed E-state index contributed by atoms with van der Waals surface area (Å²) in [6.07, 6.45) is 2.11. The van der Waals surface area contributed by atoms with Crippen LogP contribution in [0.15, 0.2) is 79.0 Å². The summed E-state index contributed by atoms with van der Waals surface area (Å²) in [5.74, 6) is 0. The Morgan fingerprint density at radius 2 is 1.71 bits per heavy atom. The molecular weight excluding hydrogens is 294 g/mol. The molecule has 0 fully saturated rings. The van der Waals surface area contributed by atoms with E-state index in [0.29, 0.717) is 5.69 Å². The molecule has 0 spiro atoms.